The molecule has 0 saturated heterocycles. The minimum Gasteiger partial charge on any atom is -0.423 e. The average molecular weight is 410 g/mol. The lowest BCUT2D eigenvalue weighted by atomic mass is 10.1. The Kier molecular flexibility index (Phi) is 4.98. The molecule has 0 unspecified atom stereocenters. The third-order valence-electron chi connectivity index (χ3n) is 4.58. The molecule has 0 bridgehead atoms. The summed E-state index contributed by atoms with van der Waals surface area (Å²) in [5.41, 5.74) is 4.68. The highest BCUT2D eigenvalue weighted by Crippen LogP contribution is 2.43. The molecule has 5 nitrogen and oxygen atoms in total. The van der Waals surface area contributed by atoms with Crippen molar-refractivity contribution in [2.45, 2.75) is 12.8 Å². The summed E-state index contributed by atoms with van der Waals surface area (Å²) in [6.07, 6.45) is 4.99. The Morgan fingerprint density at radius 1 is 1.14 bits per heavy atom. The molecule has 0 aliphatic heterocycles. The van der Waals surface area contributed by atoms with Crippen LogP contribution < -0.4 is 4.74 Å². The van der Waals surface area contributed by atoms with Crippen molar-refractivity contribution in [2.24, 2.45) is 0 Å². The van der Waals surface area contributed by atoms with E-state index in [-0.39, 0.29) is 18.4 Å². The van der Waals surface area contributed by atoms with E-state index < -0.39 is 0 Å². The molecule has 2 aromatic heterocycles. The van der Waals surface area contributed by atoms with Gasteiger partial charge in [-0.05, 0) is 18.2 Å². The molecular weight excluding hydrogens is 394 g/mol. The van der Waals surface area contributed by atoms with Gasteiger partial charge >= 0.3 is 5.97 Å². The molecule has 1 N–H and O–H groups in total. The van der Waals surface area contributed by atoms with Crippen molar-refractivity contribution in [3.8, 4) is 17.0 Å². The van der Waals surface area contributed by atoms with Crippen LogP contribution in [-0.4, -0.2) is 20.9 Å². The van der Waals surface area contributed by atoms with Gasteiger partial charge in [-0.15, -0.1) is 23.7 Å². The monoisotopic (exact) mass is 409 g/mol. The van der Waals surface area contributed by atoms with Crippen molar-refractivity contribution in [3.63, 3.8) is 0 Å². The molecule has 1 aliphatic rings. The van der Waals surface area contributed by atoms with Gasteiger partial charge in [0.15, 0.2) is 0 Å². The number of hydrogen-bond acceptors (Lipinski definition) is 5. The summed E-state index contributed by atoms with van der Waals surface area (Å²) in [5.74, 6) is 0.272. The third kappa shape index (κ3) is 3.32. The second kappa shape index (κ2) is 7.58. The fourth-order valence-corrected chi connectivity index (χ4v) is 4.43. The zero-order valence-corrected chi connectivity index (χ0v) is 16.3. The van der Waals surface area contributed by atoms with Crippen molar-refractivity contribution in [2.75, 3.05) is 0 Å². The molecule has 28 heavy (non-hydrogen) atoms. The topological polar surface area (TPSA) is 67.9 Å². The second-order valence-electron chi connectivity index (χ2n) is 6.35. The van der Waals surface area contributed by atoms with Crippen molar-refractivity contribution in [1.29, 1.82) is 0 Å². The second-order valence-corrected chi connectivity index (χ2v) is 7.52. The first-order valence-electron chi connectivity index (χ1n) is 8.63. The Bertz CT molecular complexity index is 1120. The number of nitrogens with zero attached hydrogens (tertiary/aromatic N) is 2. The number of carbonyl (C=O) groups is 1. The van der Waals surface area contributed by atoms with Crippen LogP contribution >= 0.6 is 23.7 Å². The first-order valence-corrected chi connectivity index (χ1v) is 9.45. The number of fused-ring (bicyclic) bond motifs is 3. The van der Waals surface area contributed by atoms with Crippen molar-refractivity contribution >= 4 is 29.7 Å². The van der Waals surface area contributed by atoms with E-state index >= 15 is 0 Å². The normalized spacial score (nSPS) is 11.4. The molecule has 2 heterocycles. The molecule has 0 radical (unpaired) electrons. The minimum atomic E-state index is -0.341. The van der Waals surface area contributed by atoms with Crippen LogP contribution in [0.15, 0.2) is 61.1 Å². The Morgan fingerprint density at radius 2 is 2.00 bits per heavy atom. The Balaban J connectivity index is 0.00000192. The maximum atomic E-state index is 12.4. The Hall–Kier alpha value is -2.96. The van der Waals surface area contributed by atoms with Crippen molar-refractivity contribution in [3.05, 3.63) is 87.8 Å². The average Bonchev–Trinajstić information content (AvgIpc) is 3.40. The maximum Gasteiger partial charge on any atom is 0.343 e. The van der Waals surface area contributed by atoms with Gasteiger partial charge in [-0.3, -0.25) is 0 Å². The fraction of sp³-hybridized carbons (Fsp3) is 0.0952. The number of benzene rings is 2. The lowest BCUT2D eigenvalue weighted by Gasteiger charge is -2.09. The lowest BCUT2D eigenvalue weighted by molar-refractivity contribution is 0.0733. The first-order chi connectivity index (χ1) is 13.3. The summed E-state index contributed by atoms with van der Waals surface area (Å²) >= 11 is 1.70. The van der Waals surface area contributed by atoms with Gasteiger partial charge in [-0.25, -0.2) is 14.8 Å². The number of ether oxygens (including phenoxy) is 1. The van der Waals surface area contributed by atoms with Gasteiger partial charge in [0.25, 0.3) is 0 Å². The van der Waals surface area contributed by atoms with Gasteiger partial charge in [0.05, 0.1) is 22.6 Å². The largest absolute Gasteiger partial charge is 0.423 e. The SMILES string of the molecule is Cl.O=C(Oc1cccc2c1Cc1sc(Cc3cnc[nH]3)nc1-2)c1ccccc1. The van der Waals surface area contributed by atoms with Gasteiger partial charge < -0.3 is 9.72 Å². The van der Waals surface area contributed by atoms with E-state index in [2.05, 4.69) is 9.97 Å². The van der Waals surface area contributed by atoms with Crippen LogP contribution in [0.1, 0.15) is 31.5 Å². The molecule has 5 rings (SSSR count). The summed E-state index contributed by atoms with van der Waals surface area (Å²) in [4.78, 5) is 25.6. The standard InChI is InChI=1S/C21H15N3O2S.ClH/c25-21(13-5-2-1-3-6-13)26-17-8-4-7-15-16(17)10-18-20(15)24-19(27-18)9-14-11-22-12-23-14;/h1-8,11-12H,9-10H2,(H,22,23);1H. The Labute approximate surface area is 171 Å². The number of rotatable bonds is 4. The highest BCUT2D eigenvalue weighted by atomic mass is 35.5. The van der Waals surface area contributed by atoms with Crippen LogP contribution in [0.5, 0.6) is 5.75 Å². The number of aromatic nitrogens is 3. The van der Waals surface area contributed by atoms with E-state index in [0.717, 1.165) is 40.4 Å². The highest BCUT2D eigenvalue weighted by Gasteiger charge is 2.27. The van der Waals surface area contributed by atoms with Crippen molar-refractivity contribution in [1.82, 2.24) is 15.0 Å². The van der Waals surface area contributed by atoms with E-state index in [1.165, 1.54) is 4.88 Å². The fourth-order valence-electron chi connectivity index (χ4n) is 3.31. The molecule has 2 aromatic carbocycles. The molecule has 0 atom stereocenters. The van der Waals surface area contributed by atoms with Crippen LogP contribution in [0.2, 0.25) is 0 Å². The quantitative estimate of drug-likeness (QED) is 0.346. The van der Waals surface area contributed by atoms with Gasteiger partial charge in [-0.1, -0.05) is 30.3 Å². The number of esters is 1. The molecule has 1 aliphatic carbocycles. The molecule has 140 valence electrons. The number of halogens is 1. The number of imidazole rings is 1. The van der Waals surface area contributed by atoms with E-state index in [9.17, 15) is 4.79 Å². The van der Waals surface area contributed by atoms with E-state index in [4.69, 9.17) is 9.72 Å². The zero-order chi connectivity index (χ0) is 18.2. The minimum absolute atomic E-state index is 0. The van der Waals surface area contributed by atoms with Gasteiger partial charge in [0.1, 0.15) is 5.75 Å². The number of hydrogen-bond donors (Lipinski definition) is 1. The van der Waals surface area contributed by atoms with Crippen LogP contribution in [0.4, 0.5) is 0 Å². The molecule has 0 spiro atoms. The van der Waals surface area contributed by atoms with E-state index in [1.807, 2.05) is 42.6 Å². The van der Waals surface area contributed by atoms with Crippen LogP contribution in [-0.2, 0) is 12.8 Å². The number of thiazole rings is 1. The van der Waals surface area contributed by atoms with Crippen LogP contribution in [0.3, 0.4) is 0 Å². The smallest absolute Gasteiger partial charge is 0.343 e. The number of aromatic amines is 1. The lowest BCUT2D eigenvalue weighted by Crippen LogP contribution is -2.09. The molecule has 4 aromatic rings. The summed E-state index contributed by atoms with van der Waals surface area (Å²) in [6.45, 7) is 0. The predicted molar refractivity (Wildman–Crippen MR) is 110 cm³/mol. The molecule has 7 heteroatoms. The van der Waals surface area contributed by atoms with E-state index in [0.29, 0.717) is 11.3 Å². The summed E-state index contributed by atoms with van der Waals surface area (Å²) in [5, 5.41) is 1.06. The van der Waals surface area contributed by atoms with Gasteiger partial charge in [0, 0.05) is 40.7 Å². The van der Waals surface area contributed by atoms with Gasteiger partial charge in [-0.2, -0.15) is 0 Å². The highest BCUT2D eigenvalue weighted by molar-refractivity contribution is 7.12. The molecule has 0 amide bonds. The summed E-state index contributed by atoms with van der Waals surface area (Å²) in [6, 6.07) is 14.8. The number of H-pyrrole nitrogens is 1. The Morgan fingerprint density at radius 3 is 2.79 bits per heavy atom. The number of nitrogens with one attached hydrogen (secondary N) is 1. The van der Waals surface area contributed by atoms with E-state index in [1.54, 1.807) is 29.8 Å². The molecule has 0 fully saturated rings. The maximum absolute atomic E-state index is 12.4. The third-order valence-corrected chi connectivity index (χ3v) is 5.63. The first kappa shape index (κ1) is 18.4. The summed E-state index contributed by atoms with van der Waals surface area (Å²) in [7, 11) is 0. The van der Waals surface area contributed by atoms with Crippen LogP contribution in [0.25, 0.3) is 11.3 Å². The van der Waals surface area contributed by atoms with Crippen LogP contribution in [0, 0.1) is 0 Å². The summed E-state index contributed by atoms with van der Waals surface area (Å²) < 4.78 is 5.68. The predicted octanol–water partition coefficient (Wildman–Crippen LogP) is 4.67. The molecular formula is C21H16ClN3O2S. The zero-order valence-electron chi connectivity index (χ0n) is 14.7. The number of carbonyl (C=O) groups excluding carboxylic acids is 1. The van der Waals surface area contributed by atoms with Crippen molar-refractivity contribution < 1.29 is 9.53 Å². The van der Waals surface area contributed by atoms with Gasteiger partial charge in [0.2, 0.25) is 0 Å². The molecule has 0 saturated carbocycles.